The Morgan fingerprint density at radius 2 is 1.91 bits per heavy atom. The number of carbonyl (C=O) groups is 1. The van der Waals surface area contributed by atoms with Crippen LogP contribution in [0.2, 0.25) is 5.02 Å². The first-order valence-corrected chi connectivity index (χ1v) is 8.07. The van der Waals surface area contributed by atoms with Crippen molar-refractivity contribution in [1.29, 1.82) is 0 Å². The molecule has 0 atom stereocenters. The number of rotatable bonds is 4. The number of ether oxygens (including phenoxy) is 1. The zero-order valence-electron chi connectivity index (χ0n) is 12.8. The topological polar surface area (TPSA) is 41.6 Å². The van der Waals surface area contributed by atoms with Gasteiger partial charge in [0.25, 0.3) is 5.91 Å². The maximum Gasteiger partial charge on any atom is 0.254 e. The molecule has 1 heterocycles. The Hall–Kier alpha value is -2.04. The lowest BCUT2D eigenvalue weighted by Crippen LogP contribution is -2.46. The van der Waals surface area contributed by atoms with Crippen LogP contribution in [0.1, 0.15) is 15.9 Å². The fourth-order valence-corrected chi connectivity index (χ4v) is 2.78. The van der Waals surface area contributed by atoms with E-state index in [0.29, 0.717) is 22.9 Å². The van der Waals surface area contributed by atoms with E-state index in [4.69, 9.17) is 16.3 Å². The maximum atomic E-state index is 12.5. The molecule has 1 amide bonds. The molecule has 0 saturated carbocycles. The molecule has 1 saturated heterocycles. The first-order valence-electron chi connectivity index (χ1n) is 7.70. The van der Waals surface area contributed by atoms with E-state index in [2.05, 4.69) is 5.32 Å². The second-order valence-corrected chi connectivity index (χ2v) is 5.93. The Morgan fingerprint density at radius 3 is 2.70 bits per heavy atom. The van der Waals surface area contributed by atoms with Gasteiger partial charge in [-0.05, 0) is 35.9 Å². The van der Waals surface area contributed by atoms with Crippen molar-refractivity contribution in [3.63, 3.8) is 0 Å². The van der Waals surface area contributed by atoms with Gasteiger partial charge in [-0.3, -0.25) is 4.79 Å². The van der Waals surface area contributed by atoms with Crippen LogP contribution in [0, 0.1) is 0 Å². The molecule has 4 nitrogen and oxygen atoms in total. The highest BCUT2D eigenvalue weighted by Gasteiger charge is 2.18. The summed E-state index contributed by atoms with van der Waals surface area (Å²) in [5.41, 5.74) is 1.66. The highest BCUT2D eigenvalue weighted by atomic mass is 35.5. The van der Waals surface area contributed by atoms with Crippen molar-refractivity contribution in [2.75, 3.05) is 26.2 Å². The summed E-state index contributed by atoms with van der Waals surface area (Å²) in [7, 11) is 0. The molecule has 0 bridgehead atoms. The minimum absolute atomic E-state index is 0.0553. The predicted molar refractivity (Wildman–Crippen MR) is 91.0 cm³/mol. The van der Waals surface area contributed by atoms with E-state index in [1.54, 1.807) is 6.07 Å². The summed E-state index contributed by atoms with van der Waals surface area (Å²) in [6.07, 6.45) is 0. The van der Waals surface area contributed by atoms with Gasteiger partial charge in [-0.25, -0.2) is 0 Å². The molecule has 0 radical (unpaired) electrons. The van der Waals surface area contributed by atoms with Gasteiger partial charge < -0.3 is 15.0 Å². The van der Waals surface area contributed by atoms with E-state index in [1.165, 1.54) is 0 Å². The van der Waals surface area contributed by atoms with Gasteiger partial charge in [-0.15, -0.1) is 0 Å². The van der Waals surface area contributed by atoms with Crippen LogP contribution < -0.4 is 10.1 Å². The highest BCUT2D eigenvalue weighted by molar-refractivity contribution is 6.30. The first kappa shape index (κ1) is 15.8. The largest absolute Gasteiger partial charge is 0.489 e. The van der Waals surface area contributed by atoms with E-state index in [-0.39, 0.29) is 5.91 Å². The molecule has 0 unspecified atom stereocenters. The molecular weight excluding hydrogens is 312 g/mol. The van der Waals surface area contributed by atoms with Crippen molar-refractivity contribution >= 4 is 17.5 Å². The van der Waals surface area contributed by atoms with Crippen LogP contribution in [0.15, 0.2) is 48.5 Å². The lowest BCUT2D eigenvalue weighted by Gasteiger charge is -2.27. The van der Waals surface area contributed by atoms with Crippen LogP contribution >= 0.6 is 11.6 Å². The van der Waals surface area contributed by atoms with Crippen LogP contribution in [0.3, 0.4) is 0 Å². The molecule has 1 aliphatic heterocycles. The van der Waals surface area contributed by atoms with Crippen LogP contribution in [0.4, 0.5) is 0 Å². The molecule has 3 rings (SSSR count). The normalized spacial score (nSPS) is 14.6. The van der Waals surface area contributed by atoms with Crippen molar-refractivity contribution in [3.8, 4) is 5.75 Å². The third kappa shape index (κ3) is 4.24. The predicted octanol–water partition coefficient (Wildman–Crippen LogP) is 2.96. The average Bonchev–Trinajstić information content (AvgIpc) is 2.60. The van der Waals surface area contributed by atoms with E-state index >= 15 is 0 Å². The van der Waals surface area contributed by atoms with Gasteiger partial charge in [0.15, 0.2) is 0 Å². The third-order valence-electron chi connectivity index (χ3n) is 3.78. The summed E-state index contributed by atoms with van der Waals surface area (Å²) in [4.78, 5) is 14.4. The number of hydrogen-bond acceptors (Lipinski definition) is 3. The van der Waals surface area contributed by atoms with E-state index in [9.17, 15) is 4.79 Å². The van der Waals surface area contributed by atoms with Gasteiger partial charge in [-0.1, -0.05) is 29.8 Å². The molecular formula is C18H19ClN2O2. The number of nitrogens with one attached hydrogen (secondary N) is 1. The molecule has 5 heteroatoms. The highest BCUT2D eigenvalue weighted by Crippen LogP contribution is 2.18. The van der Waals surface area contributed by atoms with Gasteiger partial charge in [0.1, 0.15) is 12.4 Å². The number of piperazine rings is 1. The van der Waals surface area contributed by atoms with Gasteiger partial charge in [0.2, 0.25) is 0 Å². The molecule has 120 valence electrons. The zero-order valence-corrected chi connectivity index (χ0v) is 13.6. The van der Waals surface area contributed by atoms with E-state index in [0.717, 1.165) is 31.7 Å². The average molecular weight is 331 g/mol. The van der Waals surface area contributed by atoms with Crippen molar-refractivity contribution in [2.45, 2.75) is 6.61 Å². The monoisotopic (exact) mass is 330 g/mol. The number of halogens is 1. The Morgan fingerprint density at radius 1 is 1.13 bits per heavy atom. The van der Waals surface area contributed by atoms with Crippen molar-refractivity contribution in [3.05, 3.63) is 64.7 Å². The molecule has 2 aromatic rings. The van der Waals surface area contributed by atoms with Crippen LogP contribution in [0.25, 0.3) is 0 Å². The number of hydrogen-bond donors (Lipinski definition) is 1. The first-order chi connectivity index (χ1) is 11.2. The van der Waals surface area contributed by atoms with E-state index < -0.39 is 0 Å². The number of nitrogens with zero attached hydrogens (tertiary/aromatic N) is 1. The SMILES string of the molecule is O=C(c1cccc(OCc2cccc(Cl)c2)c1)N1CCNCC1. The van der Waals surface area contributed by atoms with Crippen molar-refractivity contribution in [2.24, 2.45) is 0 Å². The second kappa shape index (κ2) is 7.49. The Labute approximate surface area is 141 Å². The number of carbonyl (C=O) groups excluding carboxylic acids is 1. The summed E-state index contributed by atoms with van der Waals surface area (Å²) in [5, 5.41) is 3.93. The molecule has 2 aromatic carbocycles. The summed E-state index contributed by atoms with van der Waals surface area (Å²) >= 11 is 5.97. The van der Waals surface area contributed by atoms with Crippen LogP contribution in [-0.4, -0.2) is 37.0 Å². The van der Waals surface area contributed by atoms with Crippen molar-refractivity contribution < 1.29 is 9.53 Å². The number of amides is 1. The molecule has 0 aliphatic carbocycles. The summed E-state index contributed by atoms with van der Waals surface area (Å²) in [5.74, 6) is 0.741. The Kier molecular flexibility index (Phi) is 5.16. The maximum absolute atomic E-state index is 12.5. The summed E-state index contributed by atoms with van der Waals surface area (Å²) in [6.45, 7) is 3.60. The lowest BCUT2D eigenvalue weighted by molar-refractivity contribution is 0.0735. The lowest BCUT2D eigenvalue weighted by atomic mass is 10.1. The fourth-order valence-electron chi connectivity index (χ4n) is 2.56. The third-order valence-corrected chi connectivity index (χ3v) is 4.01. The quantitative estimate of drug-likeness (QED) is 0.937. The van der Waals surface area contributed by atoms with Crippen LogP contribution in [-0.2, 0) is 6.61 Å². The fraction of sp³-hybridized carbons (Fsp3) is 0.278. The van der Waals surface area contributed by atoms with Crippen LogP contribution in [0.5, 0.6) is 5.75 Å². The minimum Gasteiger partial charge on any atom is -0.489 e. The standard InChI is InChI=1S/C18H19ClN2O2/c19-16-5-1-3-14(11-16)13-23-17-6-2-4-15(12-17)18(22)21-9-7-20-8-10-21/h1-6,11-12,20H,7-10,13H2. The van der Waals surface area contributed by atoms with Gasteiger partial charge in [0.05, 0.1) is 0 Å². The number of benzene rings is 2. The van der Waals surface area contributed by atoms with E-state index in [1.807, 2.05) is 47.4 Å². The molecule has 1 N–H and O–H groups in total. The van der Waals surface area contributed by atoms with Gasteiger partial charge >= 0.3 is 0 Å². The summed E-state index contributed by atoms with van der Waals surface area (Å²) in [6, 6.07) is 14.9. The van der Waals surface area contributed by atoms with Gasteiger partial charge in [0, 0.05) is 36.8 Å². The summed E-state index contributed by atoms with van der Waals surface area (Å²) < 4.78 is 5.78. The van der Waals surface area contributed by atoms with Gasteiger partial charge in [-0.2, -0.15) is 0 Å². The molecule has 1 aliphatic rings. The molecule has 0 aromatic heterocycles. The Balaban J connectivity index is 1.66. The molecule has 0 spiro atoms. The molecule has 1 fully saturated rings. The minimum atomic E-state index is 0.0553. The van der Waals surface area contributed by atoms with Crippen molar-refractivity contribution in [1.82, 2.24) is 10.2 Å². The second-order valence-electron chi connectivity index (χ2n) is 5.49. The molecule has 23 heavy (non-hydrogen) atoms. The Bertz CT molecular complexity index is 684. The smallest absolute Gasteiger partial charge is 0.254 e. The zero-order chi connectivity index (χ0) is 16.1.